The predicted molar refractivity (Wildman–Crippen MR) is 66.0 cm³/mol. The van der Waals surface area contributed by atoms with Crippen LogP contribution in [0, 0.1) is 18.6 Å². The molecule has 0 saturated carbocycles. The van der Waals surface area contributed by atoms with E-state index in [1.54, 1.807) is 6.92 Å². The Morgan fingerprint density at radius 3 is 2.55 bits per heavy atom. The van der Waals surface area contributed by atoms with Gasteiger partial charge in [0.2, 0.25) is 5.43 Å². The molecule has 5 nitrogen and oxygen atoms in total. The molecule has 1 heterocycles. The van der Waals surface area contributed by atoms with Gasteiger partial charge in [-0.3, -0.25) is 4.79 Å². The largest absolute Gasteiger partial charge is 0.462 e. The molecular formula is C13H11F2NO4. The van der Waals surface area contributed by atoms with Crippen LogP contribution in [0.1, 0.15) is 23.0 Å². The summed E-state index contributed by atoms with van der Waals surface area (Å²) in [4.78, 5) is 23.9. The van der Waals surface area contributed by atoms with Crippen molar-refractivity contribution >= 4 is 16.9 Å². The quantitative estimate of drug-likeness (QED) is 0.676. The fraction of sp³-hybridized carbons (Fsp3) is 0.231. The average Bonchev–Trinajstić information content (AvgIpc) is 2.39. The molecule has 0 aliphatic heterocycles. The lowest BCUT2D eigenvalue weighted by molar-refractivity contribution is 0.0519. The molecule has 0 spiro atoms. The lowest BCUT2D eigenvalue weighted by atomic mass is 10.1. The number of ether oxygens (including phenoxy) is 1. The Kier molecular flexibility index (Phi) is 3.44. The zero-order valence-corrected chi connectivity index (χ0v) is 10.7. The van der Waals surface area contributed by atoms with Crippen molar-refractivity contribution in [3.63, 3.8) is 0 Å². The van der Waals surface area contributed by atoms with E-state index in [9.17, 15) is 23.6 Å². The van der Waals surface area contributed by atoms with Crippen molar-refractivity contribution in [3.8, 4) is 0 Å². The Balaban J connectivity index is 2.89. The molecule has 1 N–H and O–H groups in total. The fourth-order valence-electron chi connectivity index (χ4n) is 1.92. The Bertz CT molecular complexity index is 767. The van der Waals surface area contributed by atoms with Gasteiger partial charge < -0.3 is 9.94 Å². The molecule has 2 rings (SSSR count). The molecule has 0 saturated heterocycles. The van der Waals surface area contributed by atoms with Crippen LogP contribution in [0.15, 0.2) is 16.9 Å². The monoisotopic (exact) mass is 283 g/mol. The van der Waals surface area contributed by atoms with Gasteiger partial charge in [-0.1, -0.05) is 0 Å². The highest BCUT2D eigenvalue weighted by atomic mass is 19.2. The van der Waals surface area contributed by atoms with Crippen LogP contribution in [-0.2, 0) is 4.74 Å². The van der Waals surface area contributed by atoms with Crippen LogP contribution in [-0.4, -0.2) is 22.5 Å². The number of hydrogen-bond donors (Lipinski definition) is 1. The van der Waals surface area contributed by atoms with E-state index >= 15 is 0 Å². The van der Waals surface area contributed by atoms with Crippen molar-refractivity contribution in [3.05, 3.63) is 45.2 Å². The first-order valence-corrected chi connectivity index (χ1v) is 5.79. The Morgan fingerprint density at radius 1 is 1.35 bits per heavy atom. The maximum absolute atomic E-state index is 13.2. The zero-order chi connectivity index (χ0) is 15.0. The van der Waals surface area contributed by atoms with Gasteiger partial charge in [0.1, 0.15) is 5.56 Å². The number of carbonyl (C=O) groups excluding carboxylic acids is 1. The minimum absolute atomic E-state index is 0.0406. The second-order valence-electron chi connectivity index (χ2n) is 4.11. The molecule has 0 bridgehead atoms. The molecule has 2 aromatic rings. The van der Waals surface area contributed by atoms with Gasteiger partial charge in [-0.25, -0.2) is 13.6 Å². The predicted octanol–water partition coefficient (Wildman–Crippen LogP) is 2.00. The van der Waals surface area contributed by atoms with Crippen LogP contribution in [0.5, 0.6) is 0 Å². The smallest absolute Gasteiger partial charge is 0.344 e. The van der Waals surface area contributed by atoms with Crippen molar-refractivity contribution < 1.29 is 23.5 Å². The molecule has 1 aromatic heterocycles. The molecule has 0 atom stereocenters. The highest BCUT2D eigenvalue weighted by Crippen LogP contribution is 2.18. The SMILES string of the molecule is CCOC(=O)c1c(C)n(O)c2cc(F)c(F)cc2c1=O. The number of hydrogen-bond acceptors (Lipinski definition) is 4. The van der Waals surface area contributed by atoms with Gasteiger partial charge in [0.05, 0.1) is 23.2 Å². The molecular weight excluding hydrogens is 272 g/mol. The van der Waals surface area contributed by atoms with E-state index < -0.39 is 28.6 Å². The van der Waals surface area contributed by atoms with Gasteiger partial charge in [-0.2, -0.15) is 4.73 Å². The van der Waals surface area contributed by atoms with E-state index in [1.807, 2.05) is 0 Å². The average molecular weight is 283 g/mol. The van der Waals surface area contributed by atoms with Gasteiger partial charge in [0.25, 0.3) is 0 Å². The van der Waals surface area contributed by atoms with Crippen LogP contribution < -0.4 is 5.43 Å². The summed E-state index contributed by atoms with van der Waals surface area (Å²) >= 11 is 0. The first-order chi connectivity index (χ1) is 9.38. The topological polar surface area (TPSA) is 68.5 Å². The summed E-state index contributed by atoms with van der Waals surface area (Å²) in [6.07, 6.45) is 0. The third-order valence-electron chi connectivity index (χ3n) is 2.90. The second-order valence-corrected chi connectivity index (χ2v) is 4.11. The van der Waals surface area contributed by atoms with E-state index in [1.165, 1.54) is 6.92 Å². The van der Waals surface area contributed by atoms with Gasteiger partial charge in [0, 0.05) is 6.07 Å². The van der Waals surface area contributed by atoms with E-state index in [2.05, 4.69) is 0 Å². The van der Waals surface area contributed by atoms with Crippen LogP contribution in [0.4, 0.5) is 8.78 Å². The Morgan fingerprint density at radius 2 is 1.95 bits per heavy atom. The first kappa shape index (κ1) is 14.0. The number of pyridine rings is 1. The molecule has 0 radical (unpaired) electrons. The minimum atomic E-state index is -1.24. The number of nitrogens with zero attached hydrogens (tertiary/aromatic N) is 1. The molecule has 0 aliphatic rings. The van der Waals surface area contributed by atoms with E-state index in [0.717, 1.165) is 0 Å². The summed E-state index contributed by atoms with van der Waals surface area (Å²) < 4.78 is 31.6. The zero-order valence-electron chi connectivity index (χ0n) is 10.7. The highest BCUT2D eigenvalue weighted by molar-refractivity contribution is 5.95. The molecule has 0 amide bonds. The first-order valence-electron chi connectivity index (χ1n) is 5.79. The molecule has 7 heteroatoms. The number of aromatic nitrogens is 1. The third kappa shape index (κ3) is 2.01. The van der Waals surface area contributed by atoms with Crippen LogP contribution in [0.2, 0.25) is 0 Å². The van der Waals surface area contributed by atoms with E-state index in [0.29, 0.717) is 16.9 Å². The summed E-state index contributed by atoms with van der Waals surface area (Å²) in [6, 6.07) is 1.33. The van der Waals surface area contributed by atoms with Crippen LogP contribution in [0.25, 0.3) is 10.9 Å². The summed E-state index contributed by atoms with van der Waals surface area (Å²) in [5.74, 6) is -3.37. The summed E-state index contributed by atoms with van der Waals surface area (Å²) in [5, 5.41) is 9.57. The minimum Gasteiger partial charge on any atom is -0.462 e. The van der Waals surface area contributed by atoms with E-state index in [-0.39, 0.29) is 23.2 Å². The number of carbonyl (C=O) groups is 1. The van der Waals surface area contributed by atoms with Crippen LogP contribution in [0.3, 0.4) is 0 Å². The normalized spacial score (nSPS) is 10.8. The number of rotatable bonds is 2. The molecule has 20 heavy (non-hydrogen) atoms. The van der Waals surface area contributed by atoms with Gasteiger partial charge in [0.15, 0.2) is 11.6 Å². The van der Waals surface area contributed by atoms with Crippen molar-refractivity contribution in [2.75, 3.05) is 6.61 Å². The molecule has 0 aliphatic carbocycles. The van der Waals surface area contributed by atoms with Gasteiger partial charge in [-0.05, 0) is 19.9 Å². The maximum Gasteiger partial charge on any atom is 0.344 e. The number of halogens is 2. The second kappa shape index (κ2) is 4.92. The lowest BCUT2D eigenvalue weighted by Gasteiger charge is -2.12. The highest BCUT2D eigenvalue weighted by Gasteiger charge is 2.22. The summed E-state index contributed by atoms with van der Waals surface area (Å²) in [5.41, 5.74) is -1.56. The molecule has 106 valence electrons. The summed E-state index contributed by atoms with van der Waals surface area (Å²) in [7, 11) is 0. The van der Waals surface area contributed by atoms with Crippen molar-refractivity contribution in [2.24, 2.45) is 0 Å². The molecule has 1 aromatic carbocycles. The molecule has 0 fully saturated rings. The number of benzene rings is 1. The standard InChI is InChI=1S/C13H11F2NO4/c1-3-20-13(18)11-6(2)16(19)10-5-9(15)8(14)4-7(10)12(11)17/h4-5,19H,3H2,1-2H3. The third-order valence-corrected chi connectivity index (χ3v) is 2.90. The van der Waals surface area contributed by atoms with Crippen LogP contribution >= 0.6 is 0 Å². The number of fused-ring (bicyclic) bond motifs is 1. The van der Waals surface area contributed by atoms with E-state index in [4.69, 9.17) is 4.74 Å². The maximum atomic E-state index is 13.2. The Hall–Kier alpha value is -2.44. The van der Waals surface area contributed by atoms with Crippen molar-refractivity contribution in [2.45, 2.75) is 13.8 Å². The van der Waals surface area contributed by atoms with Gasteiger partial charge in [-0.15, -0.1) is 0 Å². The van der Waals surface area contributed by atoms with Crippen molar-refractivity contribution in [1.29, 1.82) is 0 Å². The van der Waals surface area contributed by atoms with Crippen molar-refractivity contribution in [1.82, 2.24) is 4.73 Å². The molecule has 0 unspecified atom stereocenters. The summed E-state index contributed by atoms with van der Waals surface area (Å²) in [6.45, 7) is 2.90. The van der Waals surface area contributed by atoms with Gasteiger partial charge >= 0.3 is 5.97 Å². The number of esters is 1. The fourth-order valence-corrected chi connectivity index (χ4v) is 1.92. The lowest BCUT2D eigenvalue weighted by Crippen LogP contribution is -2.24. The Labute approximate surface area is 112 Å².